The second kappa shape index (κ2) is 5.55. The molecule has 0 spiro atoms. The van der Waals surface area contributed by atoms with Crippen LogP contribution in [0.2, 0.25) is 0 Å². The van der Waals surface area contributed by atoms with E-state index in [9.17, 15) is 4.79 Å². The summed E-state index contributed by atoms with van der Waals surface area (Å²) in [5.74, 6) is 0.441. The molecule has 2 heterocycles. The first-order chi connectivity index (χ1) is 8.29. The summed E-state index contributed by atoms with van der Waals surface area (Å²) in [6.07, 6.45) is 3.20. The summed E-state index contributed by atoms with van der Waals surface area (Å²) in [6.45, 7) is 1.16. The highest BCUT2D eigenvalue weighted by Crippen LogP contribution is 2.06. The Morgan fingerprint density at radius 2 is 2.41 bits per heavy atom. The molecule has 0 saturated heterocycles. The molecule has 0 unspecified atom stereocenters. The van der Waals surface area contributed by atoms with Crippen molar-refractivity contribution in [2.45, 2.75) is 6.54 Å². The van der Waals surface area contributed by atoms with Gasteiger partial charge in [-0.05, 0) is 0 Å². The Morgan fingerprint density at radius 1 is 1.53 bits per heavy atom. The molecular formula is C10H12N4O2S. The molecular weight excluding hydrogens is 240 g/mol. The number of rotatable bonds is 5. The van der Waals surface area contributed by atoms with Crippen LogP contribution in [0.25, 0.3) is 0 Å². The van der Waals surface area contributed by atoms with Gasteiger partial charge in [-0.2, -0.15) is 5.10 Å². The van der Waals surface area contributed by atoms with E-state index in [2.05, 4.69) is 10.1 Å². The van der Waals surface area contributed by atoms with Crippen molar-refractivity contribution in [2.24, 2.45) is 5.73 Å². The first-order valence-electron chi connectivity index (χ1n) is 5.08. The smallest absolute Gasteiger partial charge is 0.270 e. The van der Waals surface area contributed by atoms with Crippen LogP contribution in [0.5, 0.6) is 5.75 Å². The second-order valence-corrected chi connectivity index (χ2v) is 4.23. The van der Waals surface area contributed by atoms with Crippen molar-refractivity contribution in [3.05, 3.63) is 39.2 Å². The number of nitrogens with zero attached hydrogens (tertiary/aromatic N) is 3. The summed E-state index contributed by atoms with van der Waals surface area (Å²) in [4.78, 5) is 15.8. The minimum absolute atomic E-state index is 0.213. The van der Waals surface area contributed by atoms with E-state index in [1.165, 1.54) is 28.3 Å². The Hall–Kier alpha value is -1.73. The molecule has 6 nitrogen and oxygen atoms in total. The summed E-state index contributed by atoms with van der Waals surface area (Å²) in [5, 5.41) is 6.71. The molecule has 7 heteroatoms. The molecule has 2 aromatic rings. The molecule has 0 radical (unpaired) electrons. The maximum atomic E-state index is 11.7. The van der Waals surface area contributed by atoms with Gasteiger partial charge in [-0.1, -0.05) is 0 Å². The van der Waals surface area contributed by atoms with Crippen molar-refractivity contribution < 1.29 is 4.74 Å². The lowest BCUT2D eigenvalue weighted by Crippen LogP contribution is -2.23. The maximum absolute atomic E-state index is 11.7. The van der Waals surface area contributed by atoms with Crippen molar-refractivity contribution >= 4 is 11.3 Å². The predicted molar refractivity (Wildman–Crippen MR) is 64.3 cm³/mol. The first-order valence-corrected chi connectivity index (χ1v) is 5.96. The predicted octanol–water partition coefficient (Wildman–Crippen LogP) is 0.0856. The maximum Gasteiger partial charge on any atom is 0.270 e. The SMILES string of the molecule is NCCOc1cnn(Cc2nccs2)c(=O)c1. The molecule has 0 atom stereocenters. The zero-order valence-electron chi connectivity index (χ0n) is 9.07. The van der Waals surface area contributed by atoms with Gasteiger partial charge < -0.3 is 10.5 Å². The lowest BCUT2D eigenvalue weighted by Gasteiger charge is -2.05. The van der Waals surface area contributed by atoms with Crippen molar-refractivity contribution in [1.29, 1.82) is 0 Å². The van der Waals surface area contributed by atoms with E-state index in [0.29, 0.717) is 25.4 Å². The summed E-state index contributed by atoms with van der Waals surface area (Å²) < 4.78 is 6.55. The molecule has 0 aromatic carbocycles. The third-order valence-corrected chi connectivity index (χ3v) is 2.76. The molecule has 17 heavy (non-hydrogen) atoms. The Bertz CT molecular complexity index is 523. The fourth-order valence-electron chi connectivity index (χ4n) is 1.25. The topological polar surface area (TPSA) is 83.0 Å². The number of hydrogen-bond donors (Lipinski definition) is 1. The van der Waals surface area contributed by atoms with E-state index in [1.54, 1.807) is 6.20 Å². The van der Waals surface area contributed by atoms with Gasteiger partial charge in [0.05, 0.1) is 12.7 Å². The van der Waals surface area contributed by atoms with Crippen molar-refractivity contribution in [3.8, 4) is 5.75 Å². The molecule has 0 bridgehead atoms. The normalized spacial score (nSPS) is 10.4. The molecule has 2 aromatic heterocycles. The van der Waals surface area contributed by atoms with Crippen LogP contribution in [0.1, 0.15) is 5.01 Å². The van der Waals surface area contributed by atoms with Crippen LogP contribution in [0.4, 0.5) is 0 Å². The Labute approximate surface area is 102 Å². The molecule has 0 saturated carbocycles. The number of ether oxygens (including phenoxy) is 1. The van der Waals surface area contributed by atoms with E-state index in [0.717, 1.165) is 5.01 Å². The third-order valence-electron chi connectivity index (χ3n) is 2.00. The highest BCUT2D eigenvalue weighted by Gasteiger charge is 2.03. The largest absolute Gasteiger partial charge is 0.490 e. The lowest BCUT2D eigenvalue weighted by atomic mass is 10.5. The molecule has 2 rings (SSSR count). The van der Waals surface area contributed by atoms with Gasteiger partial charge in [0.1, 0.15) is 17.4 Å². The van der Waals surface area contributed by atoms with E-state index >= 15 is 0 Å². The average Bonchev–Trinajstić information content (AvgIpc) is 2.82. The van der Waals surface area contributed by atoms with Crippen LogP contribution >= 0.6 is 11.3 Å². The second-order valence-electron chi connectivity index (χ2n) is 3.25. The summed E-state index contributed by atoms with van der Waals surface area (Å²) in [5.41, 5.74) is 5.09. The molecule has 0 aliphatic carbocycles. The zero-order chi connectivity index (χ0) is 12.1. The van der Waals surface area contributed by atoms with Crippen LogP contribution in [0.15, 0.2) is 28.6 Å². The van der Waals surface area contributed by atoms with Crippen LogP contribution < -0.4 is 16.0 Å². The van der Waals surface area contributed by atoms with Crippen molar-refractivity contribution in [1.82, 2.24) is 14.8 Å². The summed E-state index contributed by atoms with van der Waals surface area (Å²) >= 11 is 1.49. The van der Waals surface area contributed by atoms with Gasteiger partial charge in [-0.25, -0.2) is 9.67 Å². The number of thiazole rings is 1. The van der Waals surface area contributed by atoms with Crippen LogP contribution in [0, 0.1) is 0 Å². The molecule has 0 aliphatic rings. The standard InChI is InChI=1S/C10H12N4O2S/c11-1-3-16-8-5-10(15)14(13-6-8)7-9-12-2-4-17-9/h2,4-6H,1,3,7,11H2. The van der Waals surface area contributed by atoms with Gasteiger partial charge in [-0.3, -0.25) is 4.79 Å². The van der Waals surface area contributed by atoms with Crippen LogP contribution in [0.3, 0.4) is 0 Å². The minimum Gasteiger partial charge on any atom is -0.490 e. The lowest BCUT2D eigenvalue weighted by molar-refractivity contribution is 0.324. The van der Waals surface area contributed by atoms with Gasteiger partial charge in [-0.15, -0.1) is 11.3 Å². The molecule has 0 amide bonds. The molecule has 0 fully saturated rings. The number of nitrogens with two attached hydrogens (primary N) is 1. The summed E-state index contributed by atoms with van der Waals surface area (Å²) in [7, 11) is 0. The van der Waals surface area contributed by atoms with Crippen LogP contribution in [-0.4, -0.2) is 27.9 Å². The van der Waals surface area contributed by atoms with Crippen LogP contribution in [-0.2, 0) is 6.54 Å². The Morgan fingerprint density at radius 3 is 3.06 bits per heavy atom. The summed E-state index contributed by atoms with van der Waals surface area (Å²) in [6, 6.07) is 1.40. The Kier molecular flexibility index (Phi) is 3.84. The van der Waals surface area contributed by atoms with Crippen molar-refractivity contribution in [2.75, 3.05) is 13.2 Å². The van der Waals surface area contributed by atoms with Gasteiger partial charge >= 0.3 is 0 Å². The van der Waals surface area contributed by atoms with Crippen molar-refractivity contribution in [3.63, 3.8) is 0 Å². The van der Waals surface area contributed by atoms with E-state index in [-0.39, 0.29) is 5.56 Å². The van der Waals surface area contributed by atoms with E-state index < -0.39 is 0 Å². The highest BCUT2D eigenvalue weighted by atomic mass is 32.1. The molecule has 0 aliphatic heterocycles. The van der Waals surface area contributed by atoms with E-state index in [1.807, 2.05) is 5.38 Å². The fourth-order valence-corrected chi connectivity index (χ4v) is 1.85. The fraction of sp³-hybridized carbons (Fsp3) is 0.300. The van der Waals surface area contributed by atoms with Gasteiger partial charge in [0.15, 0.2) is 0 Å². The Balaban J connectivity index is 2.12. The van der Waals surface area contributed by atoms with Gasteiger partial charge in [0, 0.05) is 24.2 Å². The van der Waals surface area contributed by atoms with E-state index in [4.69, 9.17) is 10.5 Å². The van der Waals surface area contributed by atoms with Gasteiger partial charge in [0.25, 0.3) is 5.56 Å². The number of aromatic nitrogens is 3. The molecule has 90 valence electrons. The van der Waals surface area contributed by atoms with Gasteiger partial charge in [0.2, 0.25) is 0 Å². The average molecular weight is 252 g/mol. The highest BCUT2D eigenvalue weighted by molar-refractivity contribution is 7.09. The number of hydrogen-bond acceptors (Lipinski definition) is 6. The zero-order valence-corrected chi connectivity index (χ0v) is 9.89. The first kappa shape index (κ1) is 11.7. The quantitative estimate of drug-likeness (QED) is 0.815. The molecule has 2 N–H and O–H groups in total. The third kappa shape index (κ3) is 3.11. The monoisotopic (exact) mass is 252 g/mol. The minimum atomic E-state index is -0.213.